The molecule has 0 atom stereocenters. The van der Waals surface area contributed by atoms with Gasteiger partial charge in [0.15, 0.2) is 5.43 Å². The molecule has 0 fully saturated rings. The molecule has 0 spiro atoms. The van der Waals surface area contributed by atoms with E-state index in [1.54, 1.807) is 36.7 Å². The summed E-state index contributed by atoms with van der Waals surface area (Å²) in [6.07, 6.45) is 8.54. The Kier molecular flexibility index (Phi) is 4.61. The maximum absolute atomic E-state index is 12.6. The Morgan fingerprint density at radius 1 is 1.20 bits per heavy atom. The van der Waals surface area contributed by atoms with E-state index in [1.165, 1.54) is 0 Å². The van der Waals surface area contributed by atoms with Crippen molar-refractivity contribution in [2.75, 3.05) is 5.32 Å². The molecule has 0 aliphatic carbocycles. The monoisotopic (exact) mass is 329 g/mol. The molecule has 124 valence electrons. The molecular formula is C21H19N3O. The standard InChI is InChI=1S/C21H19N3O/c1-4-9-16(5-2)23-20-12-19(25)18-14-22-13-15(3)21(18)24(20)17-10-7-6-8-11-17/h4-14,23H,1-2H2,3H3/b16-9+. The van der Waals surface area contributed by atoms with E-state index in [-0.39, 0.29) is 5.43 Å². The van der Waals surface area contributed by atoms with E-state index in [4.69, 9.17) is 0 Å². The molecule has 0 aliphatic heterocycles. The Labute approximate surface area is 146 Å². The second kappa shape index (κ2) is 7.01. The average molecular weight is 329 g/mol. The molecule has 0 aliphatic rings. The lowest BCUT2D eigenvalue weighted by atomic mass is 10.1. The van der Waals surface area contributed by atoms with Crippen molar-refractivity contribution < 1.29 is 0 Å². The molecule has 0 radical (unpaired) electrons. The van der Waals surface area contributed by atoms with E-state index in [2.05, 4.69) is 23.5 Å². The number of aromatic nitrogens is 2. The van der Waals surface area contributed by atoms with Crippen LogP contribution in [0.4, 0.5) is 5.82 Å². The normalized spacial score (nSPS) is 11.3. The number of fused-ring (bicyclic) bond motifs is 1. The highest BCUT2D eigenvalue weighted by Gasteiger charge is 2.13. The molecule has 4 heteroatoms. The van der Waals surface area contributed by atoms with Gasteiger partial charge >= 0.3 is 0 Å². The lowest BCUT2D eigenvalue weighted by molar-refractivity contribution is 1.08. The molecule has 25 heavy (non-hydrogen) atoms. The molecule has 2 heterocycles. The van der Waals surface area contributed by atoms with Crippen LogP contribution < -0.4 is 10.7 Å². The summed E-state index contributed by atoms with van der Waals surface area (Å²) in [6.45, 7) is 9.47. The smallest absolute Gasteiger partial charge is 0.193 e. The first-order chi connectivity index (χ1) is 12.2. The first-order valence-corrected chi connectivity index (χ1v) is 7.93. The van der Waals surface area contributed by atoms with E-state index < -0.39 is 0 Å². The summed E-state index contributed by atoms with van der Waals surface area (Å²) in [6, 6.07) is 11.5. The topological polar surface area (TPSA) is 46.9 Å². The third-order valence-corrected chi connectivity index (χ3v) is 3.90. The van der Waals surface area contributed by atoms with Crippen LogP contribution in [0.3, 0.4) is 0 Å². The number of aryl methyl sites for hydroxylation is 1. The van der Waals surface area contributed by atoms with Gasteiger partial charge in [-0.3, -0.25) is 14.3 Å². The fourth-order valence-electron chi connectivity index (χ4n) is 2.80. The van der Waals surface area contributed by atoms with Gasteiger partial charge in [-0.2, -0.15) is 0 Å². The third-order valence-electron chi connectivity index (χ3n) is 3.90. The van der Waals surface area contributed by atoms with Crippen molar-refractivity contribution in [3.63, 3.8) is 0 Å². The van der Waals surface area contributed by atoms with Crippen molar-refractivity contribution in [1.29, 1.82) is 0 Å². The zero-order valence-electron chi connectivity index (χ0n) is 14.1. The quantitative estimate of drug-likeness (QED) is 0.707. The molecule has 4 nitrogen and oxygen atoms in total. The molecule has 0 bridgehead atoms. The number of anilines is 1. The molecule has 1 N–H and O–H groups in total. The molecule has 0 amide bonds. The largest absolute Gasteiger partial charge is 0.341 e. The van der Waals surface area contributed by atoms with Gasteiger partial charge in [0, 0.05) is 29.8 Å². The van der Waals surface area contributed by atoms with Gasteiger partial charge in [-0.25, -0.2) is 0 Å². The van der Waals surface area contributed by atoms with E-state index in [0.717, 1.165) is 22.5 Å². The Balaban J connectivity index is 2.38. The first kappa shape index (κ1) is 16.5. The minimum atomic E-state index is -0.0807. The van der Waals surface area contributed by atoms with Crippen LogP contribution in [-0.2, 0) is 0 Å². The zero-order valence-corrected chi connectivity index (χ0v) is 14.1. The average Bonchev–Trinajstić information content (AvgIpc) is 2.63. The van der Waals surface area contributed by atoms with Crippen molar-refractivity contribution in [2.45, 2.75) is 6.92 Å². The highest BCUT2D eigenvalue weighted by Crippen LogP contribution is 2.25. The highest BCUT2D eigenvalue weighted by atomic mass is 16.1. The minimum absolute atomic E-state index is 0.0807. The Hall–Kier alpha value is -3.40. The van der Waals surface area contributed by atoms with Crippen LogP contribution in [0.15, 0.2) is 90.7 Å². The van der Waals surface area contributed by atoms with Crippen molar-refractivity contribution in [1.82, 2.24) is 9.55 Å². The number of nitrogens with one attached hydrogen (secondary N) is 1. The second-order valence-corrected chi connectivity index (χ2v) is 5.60. The maximum atomic E-state index is 12.6. The third kappa shape index (κ3) is 3.15. The van der Waals surface area contributed by atoms with Crippen LogP contribution in [-0.4, -0.2) is 9.55 Å². The molecule has 3 rings (SSSR count). The minimum Gasteiger partial charge on any atom is -0.341 e. The predicted molar refractivity (Wildman–Crippen MR) is 104 cm³/mol. The molecule has 1 aromatic carbocycles. The van der Waals surface area contributed by atoms with Crippen molar-refractivity contribution in [3.05, 3.63) is 102 Å². The van der Waals surface area contributed by atoms with Crippen LogP contribution >= 0.6 is 0 Å². The van der Waals surface area contributed by atoms with E-state index in [0.29, 0.717) is 11.2 Å². The number of hydrogen-bond acceptors (Lipinski definition) is 3. The molecular weight excluding hydrogens is 310 g/mol. The summed E-state index contributed by atoms with van der Waals surface area (Å²) in [5.74, 6) is 0.658. The predicted octanol–water partition coefficient (Wildman–Crippen LogP) is 4.36. The van der Waals surface area contributed by atoms with Crippen LogP contribution in [0.5, 0.6) is 0 Å². The molecule has 3 aromatic rings. The van der Waals surface area contributed by atoms with Crippen molar-refractivity contribution in [3.8, 4) is 5.69 Å². The molecule has 0 saturated heterocycles. The fourth-order valence-corrected chi connectivity index (χ4v) is 2.80. The summed E-state index contributed by atoms with van der Waals surface area (Å²) in [5.41, 5.74) is 3.38. The van der Waals surface area contributed by atoms with Crippen molar-refractivity contribution in [2.24, 2.45) is 0 Å². The van der Waals surface area contributed by atoms with E-state index >= 15 is 0 Å². The van der Waals surface area contributed by atoms with E-state index in [9.17, 15) is 4.79 Å². The van der Waals surface area contributed by atoms with Gasteiger partial charge in [0.25, 0.3) is 0 Å². The number of allylic oxidation sites excluding steroid dienone is 3. The Morgan fingerprint density at radius 2 is 1.96 bits per heavy atom. The van der Waals surface area contributed by atoms with Gasteiger partial charge in [0.1, 0.15) is 5.82 Å². The first-order valence-electron chi connectivity index (χ1n) is 7.93. The summed E-state index contributed by atoms with van der Waals surface area (Å²) >= 11 is 0. The van der Waals surface area contributed by atoms with Gasteiger partial charge in [-0.05, 0) is 36.8 Å². The van der Waals surface area contributed by atoms with Gasteiger partial charge < -0.3 is 5.32 Å². The van der Waals surface area contributed by atoms with Crippen LogP contribution in [0.1, 0.15) is 5.56 Å². The summed E-state index contributed by atoms with van der Waals surface area (Å²) < 4.78 is 2.02. The van der Waals surface area contributed by atoms with Gasteiger partial charge in [0.05, 0.1) is 10.9 Å². The Bertz CT molecular complexity index is 1030. The molecule has 0 saturated carbocycles. The number of nitrogens with zero attached hydrogens (tertiary/aromatic N) is 2. The number of benzene rings is 1. The summed E-state index contributed by atoms with van der Waals surface area (Å²) in [4.78, 5) is 16.8. The lowest BCUT2D eigenvalue weighted by Crippen LogP contribution is -2.15. The molecule has 2 aromatic heterocycles. The van der Waals surface area contributed by atoms with Gasteiger partial charge in [0.2, 0.25) is 0 Å². The highest BCUT2D eigenvalue weighted by molar-refractivity contribution is 5.85. The SMILES string of the molecule is C=C/C=C(\C=C)Nc1cc(=O)c2cncc(C)c2n1-c1ccccc1. The fraction of sp³-hybridized carbons (Fsp3) is 0.0476. The number of pyridine rings is 2. The lowest BCUT2D eigenvalue weighted by Gasteiger charge is -2.19. The Morgan fingerprint density at radius 3 is 2.64 bits per heavy atom. The zero-order chi connectivity index (χ0) is 17.8. The van der Waals surface area contributed by atoms with Crippen molar-refractivity contribution >= 4 is 16.7 Å². The number of hydrogen-bond donors (Lipinski definition) is 1. The van der Waals surface area contributed by atoms with Gasteiger partial charge in [-0.15, -0.1) is 0 Å². The summed E-state index contributed by atoms with van der Waals surface area (Å²) in [5, 5.41) is 3.86. The van der Waals surface area contributed by atoms with E-state index in [1.807, 2.05) is 41.8 Å². The van der Waals surface area contributed by atoms with Crippen LogP contribution in [0.2, 0.25) is 0 Å². The molecule has 0 unspecified atom stereocenters. The number of para-hydroxylation sites is 1. The summed E-state index contributed by atoms with van der Waals surface area (Å²) in [7, 11) is 0. The van der Waals surface area contributed by atoms with Gasteiger partial charge in [-0.1, -0.05) is 37.4 Å². The van der Waals surface area contributed by atoms with Crippen LogP contribution in [0, 0.1) is 6.92 Å². The second-order valence-electron chi connectivity index (χ2n) is 5.60. The maximum Gasteiger partial charge on any atom is 0.193 e. The van der Waals surface area contributed by atoms with Crippen LogP contribution in [0.25, 0.3) is 16.6 Å². The number of rotatable bonds is 5.